The third kappa shape index (κ3) is 3.09. The van der Waals surface area contributed by atoms with Crippen molar-refractivity contribution in [1.29, 1.82) is 0 Å². The number of carbonyl (C=O) groups excluding carboxylic acids is 1. The molecule has 3 rings (SSSR count). The van der Waals surface area contributed by atoms with E-state index in [-0.39, 0.29) is 5.91 Å². The van der Waals surface area contributed by atoms with E-state index in [4.69, 9.17) is 10.2 Å². The average molecular weight is 288 g/mol. The summed E-state index contributed by atoms with van der Waals surface area (Å²) in [6.07, 6.45) is 3.91. The summed E-state index contributed by atoms with van der Waals surface area (Å²) < 4.78 is 5.55. The maximum Gasteiger partial charge on any atom is 0.295 e. The first kappa shape index (κ1) is 13.7. The van der Waals surface area contributed by atoms with Crippen molar-refractivity contribution in [3.63, 3.8) is 0 Å². The van der Waals surface area contributed by atoms with Gasteiger partial charge in [-0.2, -0.15) is 4.98 Å². The smallest absolute Gasteiger partial charge is 0.295 e. The molecule has 1 amide bonds. The van der Waals surface area contributed by atoms with Gasteiger partial charge in [0.15, 0.2) is 5.58 Å². The molecule has 2 heterocycles. The highest BCUT2D eigenvalue weighted by molar-refractivity contribution is 5.86. The van der Waals surface area contributed by atoms with Gasteiger partial charge in [0.2, 0.25) is 5.91 Å². The van der Waals surface area contributed by atoms with Crippen molar-refractivity contribution in [2.75, 3.05) is 30.7 Å². The number of nitrogens with zero attached hydrogens (tertiary/aromatic N) is 2. The van der Waals surface area contributed by atoms with Crippen molar-refractivity contribution in [3.8, 4) is 0 Å². The van der Waals surface area contributed by atoms with Crippen LogP contribution in [0, 0.1) is 0 Å². The maximum absolute atomic E-state index is 12.0. The monoisotopic (exact) mass is 288 g/mol. The van der Waals surface area contributed by atoms with Crippen LogP contribution in [0.4, 0.5) is 11.7 Å². The number of hydrogen-bond donors (Lipinski definition) is 2. The largest absolute Gasteiger partial charge is 0.423 e. The number of oxazole rings is 1. The second-order valence-electron chi connectivity index (χ2n) is 5.33. The number of nitrogens with one attached hydrogen (secondary N) is 1. The number of amides is 1. The molecule has 0 aliphatic carbocycles. The zero-order chi connectivity index (χ0) is 14.7. The van der Waals surface area contributed by atoms with Crippen LogP contribution in [0.5, 0.6) is 0 Å². The molecule has 1 aliphatic heterocycles. The molecule has 0 unspecified atom stereocenters. The van der Waals surface area contributed by atoms with E-state index in [0.29, 0.717) is 35.8 Å². The van der Waals surface area contributed by atoms with Crippen LogP contribution in [0.15, 0.2) is 22.6 Å². The van der Waals surface area contributed by atoms with Crippen molar-refractivity contribution in [3.05, 3.63) is 18.2 Å². The Kier molecular flexibility index (Phi) is 3.94. The Bertz CT molecular complexity index is 632. The predicted octanol–water partition coefficient (Wildman–Crippen LogP) is 2.22. The van der Waals surface area contributed by atoms with Crippen LogP contribution in [0.25, 0.3) is 11.1 Å². The minimum Gasteiger partial charge on any atom is -0.423 e. The molecular weight excluding hydrogens is 268 g/mol. The lowest BCUT2D eigenvalue weighted by Gasteiger charge is -2.26. The van der Waals surface area contributed by atoms with Crippen LogP contribution in [0.2, 0.25) is 0 Å². The Hall–Kier alpha value is -2.24. The normalized spacial score (nSPS) is 15.3. The van der Waals surface area contributed by atoms with Crippen LogP contribution >= 0.6 is 0 Å². The lowest BCUT2D eigenvalue weighted by atomic mass is 10.1. The number of benzene rings is 1. The van der Waals surface area contributed by atoms with E-state index in [2.05, 4.69) is 10.3 Å². The molecule has 6 nitrogen and oxygen atoms in total. The van der Waals surface area contributed by atoms with E-state index in [1.807, 2.05) is 17.0 Å². The summed E-state index contributed by atoms with van der Waals surface area (Å²) in [6.45, 7) is 2.29. The summed E-state index contributed by atoms with van der Waals surface area (Å²) in [5.41, 5.74) is 7.73. The third-order valence-corrected chi connectivity index (χ3v) is 3.77. The summed E-state index contributed by atoms with van der Waals surface area (Å²) in [5, 5.41) is 3.05. The second kappa shape index (κ2) is 6.03. The van der Waals surface area contributed by atoms with Gasteiger partial charge in [-0.15, -0.1) is 0 Å². The highest BCUT2D eigenvalue weighted by Gasteiger charge is 2.16. The average Bonchev–Trinajstić information content (AvgIpc) is 2.92. The fraction of sp³-hybridized carbons (Fsp3) is 0.467. The number of aromatic nitrogens is 1. The minimum absolute atomic E-state index is 0.192. The number of likely N-dealkylation sites (tertiary alicyclic amines) is 1. The Morgan fingerprint density at radius 3 is 2.90 bits per heavy atom. The van der Waals surface area contributed by atoms with Gasteiger partial charge in [-0.25, -0.2) is 0 Å². The van der Waals surface area contributed by atoms with Crippen molar-refractivity contribution in [1.82, 2.24) is 9.88 Å². The van der Waals surface area contributed by atoms with Gasteiger partial charge >= 0.3 is 0 Å². The first-order chi connectivity index (χ1) is 10.2. The molecule has 112 valence electrons. The zero-order valence-corrected chi connectivity index (χ0v) is 12.0. The molecule has 1 aromatic heterocycles. The molecule has 1 saturated heterocycles. The predicted molar refractivity (Wildman–Crippen MR) is 82.0 cm³/mol. The summed E-state index contributed by atoms with van der Waals surface area (Å²) in [5.74, 6) is 0.192. The van der Waals surface area contributed by atoms with Crippen molar-refractivity contribution in [2.45, 2.75) is 25.7 Å². The Morgan fingerprint density at radius 2 is 2.14 bits per heavy atom. The molecular formula is C15H20N4O2. The van der Waals surface area contributed by atoms with Crippen LogP contribution in [0.3, 0.4) is 0 Å². The number of fused-ring (bicyclic) bond motifs is 1. The Morgan fingerprint density at radius 1 is 1.33 bits per heavy atom. The van der Waals surface area contributed by atoms with Crippen molar-refractivity contribution < 1.29 is 9.21 Å². The van der Waals surface area contributed by atoms with E-state index in [1.165, 1.54) is 6.42 Å². The molecule has 0 atom stereocenters. The number of carbonyl (C=O) groups is 1. The van der Waals surface area contributed by atoms with Crippen molar-refractivity contribution >= 4 is 28.7 Å². The summed E-state index contributed by atoms with van der Waals surface area (Å²) in [7, 11) is 0. The van der Waals surface area contributed by atoms with Crippen LogP contribution < -0.4 is 11.1 Å². The number of nitrogen functional groups attached to an aromatic ring is 1. The molecule has 1 fully saturated rings. The number of anilines is 2. The van der Waals surface area contributed by atoms with E-state index >= 15 is 0 Å². The number of rotatable bonds is 4. The molecule has 1 aliphatic rings. The van der Waals surface area contributed by atoms with Crippen LogP contribution in [0.1, 0.15) is 25.7 Å². The number of nitrogens with two attached hydrogens (primary N) is 1. The van der Waals surface area contributed by atoms with E-state index in [1.54, 1.807) is 6.07 Å². The maximum atomic E-state index is 12.0. The molecule has 3 N–H and O–H groups in total. The third-order valence-electron chi connectivity index (χ3n) is 3.77. The summed E-state index contributed by atoms with van der Waals surface area (Å²) >= 11 is 0. The minimum atomic E-state index is 0.192. The van der Waals surface area contributed by atoms with Crippen LogP contribution in [-0.2, 0) is 4.79 Å². The molecule has 21 heavy (non-hydrogen) atoms. The Balaban J connectivity index is 1.54. The molecule has 0 bridgehead atoms. The molecule has 0 spiro atoms. The quantitative estimate of drug-likeness (QED) is 0.843. The molecule has 0 saturated carbocycles. The lowest BCUT2D eigenvalue weighted by molar-refractivity contribution is -0.131. The van der Waals surface area contributed by atoms with Gasteiger partial charge in [-0.05, 0) is 31.4 Å². The first-order valence-corrected chi connectivity index (χ1v) is 7.41. The van der Waals surface area contributed by atoms with Gasteiger partial charge in [0.05, 0.1) is 5.69 Å². The van der Waals surface area contributed by atoms with Gasteiger partial charge in [0, 0.05) is 26.1 Å². The van der Waals surface area contributed by atoms with Gasteiger partial charge in [-0.3, -0.25) is 4.79 Å². The highest BCUT2D eigenvalue weighted by Crippen LogP contribution is 2.23. The fourth-order valence-electron chi connectivity index (χ4n) is 2.62. The molecule has 0 radical (unpaired) electrons. The zero-order valence-electron chi connectivity index (χ0n) is 12.0. The van der Waals surface area contributed by atoms with Gasteiger partial charge in [-0.1, -0.05) is 6.07 Å². The van der Waals surface area contributed by atoms with Gasteiger partial charge in [0.25, 0.3) is 6.01 Å². The van der Waals surface area contributed by atoms with Crippen LogP contribution in [-0.4, -0.2) is 35.4 Å². The fourth-order valence-corrected chi connectivity index (χ4v) is 2.62. The topological polar surface area (TPSA) is 84.4 Å². The van der Waals surface area contributed by atoms with E-state index in [0.717, 1.165) is 25.9 Å². The SMILES string of the molecule is Nc1cccc2oc(NCCC(=O)N3CCCCC3)nc12. The summed E-state index contributed by atoms with van der Waals surface area (Å²) in [6, 6.07) is 5.85. The second-order valence-corrected chi connectivity index (χ2v) is 5.33. The first-order valence-electron chi connectivity index (χ1n) is 7.41. The molecule has 1 aromatic carbocycles. The Labute approximate surface area is 123 Å². The number of piperidine rings is 1. The van der Waals surface area contributed by atoms with E-state index < -0.39 is 0 Å². The highest BCUT2D eigenvalue weighted by atomic mass is 16.4. The summed E-state index contributed by atoms with van der Waals surface area (Å²) in [4.78, 5) is 18.3. The van der Waals surface area contributed by atoms with Gasteiger partial charge in [0.1, 0.15) is 5.52 Å². The number of hydrogen-bond acceptors (Lipinski definition) is 5. The lowest BCUT2D eigenvalue weighted by Crippen LogP contribution is -2.36. The van der Waals surface area contributed by atoms with Gasteiger partial charge < -0.3 is 20.4 Å². The molecule has 2 aromatic rings. The van der Waals surface area contributed by atoms with Crippen molar-refractivity contribution in [2.24, 2.45) is 0 Å². The number of para-hydroxylation sites is 1. The molecule has 6 heteroatoms. The standard InChI is InChI=1S/C15H20N4O2/c16-11-5-4-6-12-14(11)18-15(21-12)17-8-7-13(20)19-9-2-1-3-10-19/h4-6H,1-3,7-10,16H2,(H,17,18). The van der Waals surface area contributed by atoms with E-state index in [9.17, 15) is 4.79 Å².